The van der Waals surface area contributed by atoms with Gasteiger partial charge in [0.1, 0.15) is 11.7 Å². The summed E-state index contributed by atoms with van der Waals surface area (Å²) in [6, 6.07) is 45.2. The van der Waals surface area contributed by atoms with E-state index in [0.29, 0.717) is 11.4 Å². The molecule has 1 aliphatic heterocycles. The first-order chi connectivity index (χ1) is 19.3. The first-order valence-corrected chi connectivity index (χ1v) is 12.9. The van der Waals surface area contributed by atoms with Gasteiger partial charge in [-0.3, -0.25) is 0 Å². The van der Waals surface area contributed by atoms with Gasteiger partial charge in [-0.05, 0) is 42.0 Å². The molecule has 0 spiro atoms. The number of nitriles is 1. The highest BCUT2D eigenvalue weighted by Gasteiger charge is 2.21. The fraction of sp³-hybridized carbons (Fsp3) is 0.0294. The van der Waals surface area contributed by atoms with Gasteiger partial charge in [-0.15, -0.1) is 0 Å². The molecule has 2 heterocycles. The summed E-state index contributed by atoms with van der Waals surface area (Å²) in [7, 11) is 0. The van der Waals surface area contributed by atoms with Gasteiger partial charge in [0.2, 0.25) is 0 Å². The van der Waals surface area contributed by atoms with Gasteiger partial charge in [-0.2, -0.15) is 5.26 Å². The number of amidine groups is 2. The van der Waals surface area contributed by atoms with Crippen molar-refractivity contribution in [2.24, 2.45) is 9.98 Å². The number of hydrogen-bond donors (Lipinski definition) is 1. The molecular formula is C34H23N5. The van der Waals surface area contributed by atoms with Crippen LogP contribution in [0.5, 0.6) is 0 Å². The third kappa shape index (κ3) is 4.05. The van der Waals surface area contributed by atoms with Crippen LogP contribution in [0.4, 0.5) is 0 Å². The first kappa shape index (κ1) is 22.7. The molecule has 1 atom stereocenters. The molecule has 184 valence electrons. The maximum Gasteiger partial charge on any atom is 0.169 e. The average molecular weight is 502 g/mol. The lowest BCUT2D eigenvalue weighted by molar-refractivity contribution is 0.756. The summed E-state index contributed by atoms with van der Waals surface area (Å²) in [6.07, 6.45) is -0.403. The zero-order valence-corrected chi connectivity index (χ0v) is 21.0. The van der Waals surface area contributed by atoms with E-state index in [9.17, 15) is 5.26 Å². The van der Waals surface area contributed by atoms with Gasteiger partial charge in [0.25, 0.3) is 0 Å². The molecule has 1 unspecified atom stereocenters. The fourth-order valence-electron chi connectivity index (χ4n) is 5.25. The second kappa shape index (κ2) is 9.44. The number of nitrogens with one attached hydrogen (secondary N) is 1. The Labute approximate surface area is 226 Å². The summed E-state index contributed by atoms with van der Waals surface area (Å²) >= 11 is 0. The van der Waals surface area contributed by atoms with Crippen molar-refractivity contribution in [3.05, 3.63) is 150 Å². The summed E-state index contributed by atoms with van der Waals surface area (Å²) < 4.78 is 2.30. The topological polar surface area (TPSA) is 65.5 Å². The van der Waals surface area contributed by atoms with Gasteiger partial charge in [0.15, 0.2) is 6.17 Å². The van der Waals surface area contributed by atoms with E-state index in [-0.39, 0.29) is 0 Å². The van der Waals surface area contributed by atoms with E-state index in [1.807, 2.05) is 48.5 Å². The molecule has 5 nitrogen and oxygen atoms in total. The lowest BCUT2D eigenvalue weighted by Crippen LogP contribution is -2.36. The molecule has 1 N–H and O–H groups in total. The van der Waals surface area contributed by atoms with Crippen LogP contribution in [0, 0.1) is 11.3 Å². The standard InChI is InChI=1S/C34H23N5/c35-22-23-10-8-13-25(20-23)33-36-32(24-11-2-1-3-12-24)37-34(38-33)26-14-9-15-27(21-26)39-30-18-6-4-16-28(30)29-17-5-7-19-31(29)39/h1-21,32H,(H,36,37,38). The van der Waals surface area contributed by atoms with Gasteiger partial charge in [0.05, 0.1) is 22.7 Å². The van der Waals surface area contributed by atoms with Gasteiger partial charge in [-0.25, -0.2) is 9.98 Å². The van der Waals surface area contributed by atoms with Crippen molar-refractivity contribution in [2.75, 3.05) is 0 Å². The SMILES string of the molecule is N#Cc1cccc(C2=NC(c3ccccc3)N=C(c3cccc(-n4c5ccccc5c5ccccc54)c3)N2)c1. The molecule has 5 aromatic carbocycles. The van der Waals surface area contributed by atoms with Crippen molar-refractivity contribution in [1.82, 2.24) is 9.88 Å². The number of rotatable bonds is 4. The maximum atomic E-state index is 9.46. The highest BCUT2D eigenvalue weighted by molar-refractivity contribution is 6.16. The van der Waals surface area contributed by atoms with Crippen molar-refractivity contribution in [3.8, 4) is 11.8 Å². The molecule has 0 aliphatic carbocycles. The number of nitrogens with zero attached hydrogens (tertiary/aromatic N) is 4. The van der Waals surface area contributed by atoms with E-state index < -0.39 is 6.17 Å². The van der Waals surface area contributed by atoms with E-state index in [4.69, 9.17) is 9.98 Å². The Morgan fingerprint density at radius 1 is 0.615 bits per heavy atom. The largest absolute Gasteiger partial charge is 0.324 e. The molecule has 0 saturated heterocycles. The van der Waals surface area contributed by atoms with Crippen molar-refractivity contribution < 1.29 is 0 Å². The lowest BCUT2D eigenvalue weighted by Gasteiger charge is -2.23. The normalized spacial score (nSPS) is 14.9. The Kier molecular flexibility index (Phi) is 5.50. The van der Waals surface area contributed by atoms with Crippen molar-refractivity contribution >= 4 is 33.5 Å². The highest BCUT2D eigenvalue weighted by atomic mass is 15.2. The van der Waals surface area contributed by atoms with E-state index in [1.165, 1.54) is 10.8 Å². The molecule has 0 bridgehead atoms. The van der Waals surface area contributed by atoms with E-state index >= 15 is 0 Å². The van der Waals surface area contributed by atoms with Gasteiger partial charge < -0.3 is 9.88 Å². The van der Waals surface area contributed by atoms with Crippen LogP contribution in [0.1, 0.15) is 28.4 Å². The van der Waals surface area contributed by atoms with Gasteiger partial charge in [-0.1, -0.05) is 91.0 Å². The highest BCUT2D eigenvalue weighted by Crippen LogP contribution is 2.32. The number of aliphatic imine (C=N–C) groups is 2. The molecule has 1 aliphatic rings. The van der Waals surface area contributed by atoms with E-state index in [1.54, 1.807) is 6.07 Å². The third-order valence-corrected chi connectivity index (χ3v) is 7.06. The predicted octanol–water partition coefficient (Wildman–Crippen LogP) is 7.15. The van der Waals surface area contributed by atoms with Gasteiger partial charge >= 0.3 is 0 Å². The Hall–Kier alpha value is -5.47. The average Bonchev–Trinajstić information content (AvgIpc) is 3.36. The van der Waals surface area contributed by atoms with E-state index in [2.05, 4.69) is 88.7 Å². The maximum absolute atomic E-state index is 9.46. The molecule has 1 aromatic heterocycles. The minimum atomic E-state index is -0.403. The van der Waals surface area contributed by atoms with Crippen LogP contribution >= 0.6 is 0 Å². The van der Waals surface area contributed by atoms with Crippen molar-refractivity contribution in [2.45, 2.75) is 6.17 Å². The van der Waals surface area contributed by atoms with Crippen molar-refractivity contribution in [3.63, 3.8) is 0 Å². The van der Waals surface area contributed by atoms with Crippen LogP contribution in [0.25, 0.3) is 27.5 Å². The first-order valence-electron chi connectivity index (χ1n) is 12.9. The summed E-state index contributed by atoms with van der Waals surface area (Å²) in [5, 5.41) is 15.4. The van der Waals surface area contributed by atoms with Crippen molar-refractivity contribution in [1.29, 1.82) is 5.26 Å². The second-order valence-electron chi connectivity index (χ2n) is 9.48. The lowest BCUT2D eigenvalue weighted by atomic mass is 10.1. The van der Waals surface area contributed by atoms with Crippen LogP contribution in [0.2, 0.25) is 0 Å². The molecule has 7 rings (SSSR count). The number of benzene rings is 5. The van der Waals surface area contributed by atoms with E-state index in [0.717, 1.165) is 39.2 Å². The molecule has 0 saturated carbocycles. The Balaban J connectivity index is 1.36. The van der Waals surface area contributed by atoms with Crippen LogP contribution in [-0.2, 0) is 0 Å². The summed E-state index contributed by atoms with van der Waals surface area (Å²) in [5.74, 6) is 1.42. The smallest absolute Gasteiger partial charge is 0.169 e. The van der Waals surface area contributed by atoms with Gasteiger partial charge in [0, 0.05) is 27.6 Å². The molecule has 0 amide bonds. The van der Waals surface area contributed by atoms with Crippen LogP contribution in [0.15, 0.2) is 137 Å². The Bertz CT molecular complexity index is 1900. The molecule has 0 radical (unpaired) electrons. The molecule has 6 aromatic rings. The Morgan fingerprint density at radius 3 is 1.87 bits per heavy atom. The summed E-state index contributed by atoms with van der Waals surface area (Å²) in [6.45, 7) is 0. The monoisotopic (exact) mass is 501 g/mol. The fourth-order valence-corrected chi connectivity index (χ4v) is 5.25. The minimum Gasteiger partial charge on any atom is -0.324 e. The number of hydrogen-bond acceptors (Lipinski definition) is 4. The molecule has 5 heteroatoms. The Morgan fingerprint density at radius 2 is 1.21 bits per heavy atom. The van der Waals surface area contributed by atoms with Crippen LogP contribution in [-0.4, -0.2) is 16.2 Å². The number of para-hydroxylation sites is 2. The molecular weight excluding hydrogens is 478 g/mol. The predicted molar refractivity (Wildman–Crippen MR) is 157 cm³/mol. The van der Waals surface area contributed by atoms with Crippen LogP contribution < -0.4 is 5.32 Å². The second-order valence-corrected chi connectivity index (χ2v) is 9.48. The summed E-state index contributed by atoms with van der Waals surface area (Å²) in [4.78, 5) is 9.96. The zero-order chi connectivity index (χ0) is 26.2. The molecule has 0 fully saturated rings. The zero-order valence-electron chi connectivity index (χ0n) is 21.0. The minimum absolute atomic E-state index is 0.403. The number of aromatic nitrogens is 1. The third-order valence-electron chi connectivity index (χ3n) is 7.06. The molecule has 39 heavy (non-hydrogen) atoms. The van der Waals surface area contributed by atoms with Crippen LogP contribution in [0.3, 0.4) is 0 Å². The quantitative estimate of drug-likeness (QED) is 0.279. The summed E-state index contributed by atoms with van der Waals surface area (Å²) in [5.41, 5.74) is 6.77. The number of fused-ring (bicyclic) bond motifs is 3.